The molecule has 1 aromatic rings. The van der Waals surface area contributed by atoms with E-state index in [1.165, 1.54) is 0 Å². The smallest absolute Gasteiger partial charge is 0.239 e. The van der Waals surface area contributed by atoms with Crippen LogP contribution in [0.15, 0.2) is 24.3 Å². The summed E-state index contributed by atoms with van der Waals surface area (Å²) in [7, 11) is 0. The number of nitrogens with zero attached hydrogens (tertiary/aromatic N) is 1. The Morgan fingerprint density at radius 1 is 1.06 bits per heavy atom. The van der Waals surface area contributed by atoms with Gasteiger partial charge in [-0.05, 0) is 56.8 Å². The third-order valence-corrected chi connectivity index (χ3v) is 4.12. The van der Waals surface area contributed by atoms with E-state index >= 15 is 0 Å². The zero-order valence-corrected chi connectivity index (χ0v) is 19.3. The highest BCUT2D eigenvalue weighted by molar-refractivity contribution is 5.89. The Balaban J connectivity index is 0. The van der Waals surface area contributed by atoms with E-state index in [2.05, 4.69) is 27.3 Å². The van der Waals surface area contributed by atoms with Crippen LogP contribution in [0, 0.1) is 16.7 Å². The lowest BCUT2D eigenvalue weighted by molar-refractivity contribution is -0.126. The van der Waals surface area contributed by atoms with Crippen LogP contribution in [-0.2, 0) is 16.0 Å². The number of aryl methyl sites for hydroxylation is 1. The number of rotatable bonds is 13. The minimum absolute atomic E-state index is 0. The Hall–Kier alpha value is -2.54. The molecule has 0 radical (unpaired) electrons. The van der Waals surface area contributed by atoms with Crippen molar-refractivity contribution in [2.45, 2.75) is 45.1 Å². The first-order valence-electron chi connectivity index (χ1n) is 9.77. The fraction of sp³-hybridized carbons (Fsp3) is 0.500. The molecule has 1 atom stereocenters. The summed E-state index contributed by atoms with van der Waals surface area (Å²) in [6.07, 6.45) is 3.46. The highest BCUT2D eigenvalue weighted by Gasteiger charge is 2.06. The van der Waals surface area contributed by atoms with Crippen LogP contribution < -0.4 is 27.0 Å². The quantitative estimate of drug-likeness (QED) is 0.145. The average molecular weight is 474 g/mol. The SMILES string of the molecule is CC(C#N)NCCCCNC(=O)CNC(=O)CCCc1ccc(NC(=N)N)cc1.Cl.Cl. The van der Waals surface area contributed by atoms with Gasteiger partial charge in [-0.3, -0.25) is 15.0 Å². The highest BCUT2D eigenvalue weighted by atomic mass is 35.5. The summed E-state index contributed by atoms with van der Waals surface area (Å²) in [6.45, 7) is 3.06. The van der Waals surface area contributed by atoms with Crippen LogP contribution in [0.3, 0.4) is 0 Å². The van der Waals surface area contributed by atoms with Crippen molar-refractivity contribution in [2.24, 2.45) is 5.73 Å². The van der Waals surface area contributed by atoms with Crippen LogP contribution in [0.1, 0.15) is 38.2 Å². The Morgan fingerprint density at radius 2 is 1.71 bits per heavy atom. The zero-order chi connectivity index (χ0) is 21.5. The number of guanidine groups is 1. The van der Waals surface area contributed by atoms with Gasteiger partial charge in [0.25, 0.3) is 0 Å². The van der Waals surface area contributed by atoms with Gasteiger partial charge in [0.15, 0.2) is 5.96 Å². The number of nitrogens with two attached hydrogens (primary N) is 1. The van der Waals surface area contributed by atoms with Gasteiger partial charge in [-0.15, -0.1) is 24.8 Å². The topological polar surface area (TPSA) is 156 Å². The number of hydrogen-bond acceptors (Lipinski definition) is 5. The molecule has 1 rings (SSSR count). The van der Waals surface area contributed by atoms with Gasteiger partial charge in [-0.25, -0.2) is 0 Å². The largest absolute Gasteiger partial charge is 0.370 e. The van der Waals surface area contributed by atoms with E-state index in [-0.39, 0.29) is 55.2 Å². The van der Waals surface area contributed by atoms with Crippen molar-refractivity contribution >= 4 is 48.3 Å². The summed E-state index contributed by atoms with van der Waals surface area (Å²) in [4.78, 5) is 23.6. The second-order valence-corrected chi connectivity index (χ2v) is 6.73. The first-order valence-corrected chi connectivity index (χ1v) is 9.77. The molecule has 9 nitrogen and oxygen atoms in total. The van der Waals surface area contributed by atoms with Gasteiger partial charge in [0, 0.05) is 18.7 Å². The van der Waals surface area contributed by atoms with Gasteiger partial charge in [-0.1, -0.05) is 12.1 Å². The highest BCUT2D eigenvalue weighted by Crippen LogP contribution is 2.11. The lowest BCUT2D eigenvalue weighted by Crippen LogP contribution is -2.37. The molecule has 0 bridgehead atoms. The van der Waals surface area contributed by atoms with Crippen LogP contribution in [-0.4, -0.2) is 43.5 Å². The summed E-state index contributed by atoms with van der Waals surface area (Å²) in [5.74, 6) is -0.462. The van der Waals surface area contributed by atoms with E-state index in [9.17, 15) is 9.59 Å². The van der Waals surface area contributed by atoms with Crippen molar-refractivity contribution in [1.82, 2.24) is 16.0 Å². The van der Waals surface area contributed by atoms with Crippen LogP contribution in [0.25, 0.3) is 0 Å². The normalized spacial score (nSPS) is 10.5. The number of nitriles is 1. The van der Waals surface area contributed by atoms with Crippen LogP contribution >= 0.6 is 24.8 Å². The lowest BCUT2D eigenvalue weighted by atomic mass is 10.1. The third kappa shape index (κ3) is 15.9. The molecule has 0 aliphatic rings. The molecule has 31 heavy (non-hydrogen) atoms. The average Bonchev–Trinajstić information content (AvgIpc) is 2.69. The second-order valence-electron chi connectivity index (χ2n) is 6.73. The van der Waals surface area contributed by atoms with Crippen molar-refractivity contribution in [2.75, 3.05) is 25.0 Å². The maximum Gasteiger partial charge on any atom is 0.239 e. The first-order chi connectivity index (χ1) is 13.9. The van der Waals surface area contributed by atoms with E-state index in [1.54, 1.807) is 6.92 Å². The Labute approximate surface area is 196 Å². The number of unbranched alkanes of at least 4 members (excludes halogenated alkanes) is 1. The maximum atomic E-state index is 11.8. The summed E-state index contributed by atoms with van der Waals surface area (Å²) >= 11 is 0. The third-order valence-electron chi connectivity index (χ3n) is 4.12. The zero-order valence-electron chi connectivity index (χ0n) is 17.7. The fourth-order valence-corrected chi connectivity index (χ4v) is 2.54. The van der Waals surface area contributed by atoms with Crippen LogP contribution in [0.5, 0.6) is 0 Å². The van der Waals surface area contributed by atoms with E-state index in [0.29, 0.717) is 19.4 Å². The fourth-order valence-electron chi connectivity index (χ4n) is 2.54. The molecule has 174 valence electrons. The predicted molar refractivity (Wildman–Crippen MR) is 128 cm³/mol. The number of carbonyl (C=O) groups is 2. The van der Waals surface area contributed by atoms with Crippen LogP contribution in [0.4, 0.5) is 5.69 Å². The molecule has 11 heteroatoms. The summed E-state index contributed by atoms with van der Waals surface area (Å²) in [5, 5.41) is 27.0. The van der Waals surface area contributed by atoms with Crippen molar-refractivity contribution in [3.05, 3.63) is 29.8 Å². The summed E-state index contributed by atoms with van der Waals surface area (Å²) < 4.78 is 0. The molecule has 1 aromatic carbocycles. The predicted octanol–water partition coefficient (Wildman–Crippen LogP) is 1.67. The van der Waals surface area contributed by atoms with E-state index in [4.69, 9.17) is 16.4 Å². The van der Waals surface area contributed by atoms with Crippen LogP contribution in [0.2, 0.25) is 0 Å². The van der Waals surface area contributed by atoms with Crippen molar-refractivity contribution in [3.63, 3.8) is 0 Å². The molecule has 1 unspecified atom stereocenters. The molecule has 0 aliphatic heterocycles. The van der Waals surface area contributed by atoms with E-state index in [0.717, 1.165) is 37.1 Å². The maximum absolute atomic E-state index is 11.8. The molecule has 0 saturated carbocycles. The number of benzene rings is 1. The standard InChI is InChI=1S/C20H31N7O2.2ClH/c1-15(13-21)24-11-2-3-12-25-19(29)14-26-18(28)6-4-5-16-7-9-17(10-8-16)27-20(22)23;;/h7-10,15,24H,2-6,11-12,14H2,1H3,(H,25,29)(H,26,28)(H4,22,23,27);2*1H. The molecule has 0 saturated heterocycles. The summed E-state index contributed by atoms with van der Waals surface area (Å²) in [5.41, 5.74) is 7.11. The molecule has 0 aliphatic carbocycles. The minimum Gasteiger partial charge on any atom is -0.370 e. The number of hydrogen-bond donors (Lipinski definition) is 6. The molecular weight excluding hydrogens is 441 g/mol. The molecular formula is C20H33Cl2N7O2. The Bertz CT molecular complexity index is 708. The summed E-state index contributed by atoms with van der Waals surface area (Å²) in [6, 6.07) is 9.45. The van der Waals surface area contributed by atoms with Crippen molar-refractivity contribution in [3.8, 4) is 6.07 Å². The van der Waals surface area contributed by atoms with Crippen molar-refractivity contribution < 1.29 is 9.59 Å². The first kappa shape index (κ1) is 30.7. The molecule has 7 N–H and O–H groups in total. The monoisotopic (exact) mass is 473 g/mol. The van der Waals surface area contributed by atoms with Gasteiger partial charge in [0.1, 0.15) is 0 Å². The Morgan fingerprint density at radius 3 is 2.32 bits per heavy atom. The van der Waals surface area contributed by atoms with E-state index in [1.807, 2.05) is 24.3 Å². The number of halogens is 2. The second kappa shape index (κ2) is 18.2. The van der Waals surface area contributed by atoms with Gasteiger partial charge in [0.2, 0.25) is 11.8 Å². The van der Waals surface area contributed by atoms with E-state index < -0.39 is 0 Å². The van der Waals surface area contributed by atoms with Gasteiger partial charge >= 0.3 is 0 Å². The lowest BCUT2D eigenvalue weighted by Gasteiger charge is -2.08. The minimum atomic E-state index is -0.203. The number of anilines is 1. The van der Waals surface area contributed by atoms with Crippen molar-refractivity contribution in [1.29, 1.82) is 10.7 Å². The molecule has 0 aromatic heterocycles. The molecule has 0 spiro atoms. The van der Waals surface area contributed by atoms with Gasteiger partial charge in [0.05, 0.1) is 18.7 Å². The molecule has 0 fully saturated rings. The van der Waals surface area contributed by atoms with Gasteiger partial charge in [-0.2, -0.15) is 5.26 Å². The number of amides is 2. The molecule has 0 heterocycles. The number of nitrogens with one attached hydrogen (secondary N) is 5. The Kier molecular flexibility index (Phi) is 18.0. The molecule has 2 amide bonds. The number of carbonyl (C=O) groups excluding carboxylic acids is 2. The van der Waals surface area contributed by atoms with Gasteiger partial charge < -0.3 is 27.0 Å².